The monoisotopic (exact) mass is 184 g/mol. The molecule has 1 rings (SSSR count). The second-order valence-corrected chi connectivity index (χ2v) is 2.45. The molecule has 0 saturated carbocycles. The molecule has 0 radical (unpaired) electrons. The van der Waals surface area contributed by atoms with Crippen LogP contribution in [0.2, 0.25) is 0 Å². The van der Waals surface area contributed by atoms with Crippen LogP contribution in [0.4, 0.5) is 0 Å². The molecule has 0 saturated heterocycles. The van der Waals surface area contributed by atoms with Crippen LogP contribution < -0.4 is 5.84 Å². The Kier molecular flexibility index (Phi) is 1.91. The lowest BCUT2D eigenvalue weighted by molar-refractivity contribution is 1.23. The van der Waals surface area contributed by atoms with E-state index in [4.69, 9.17) is 5.84 Å². The summed E-state index contributed by atoms with van der Waals surface area (Å²) in [6.07, 6.45) is 2.47. The predicted molar refractivity (Wildman–Crippen MR) is 41.0 cm³/mol. The Morgan fingerprint density at radius 2 is 2.56 bits per heavy atom. The number of hydrazone groups is 1. The zero-order valence-corrected chi connectivity index (χ0v) is 6.27. The highest BCUT2D eigenvalue weighted by molar-refractivity contribution is 9.12. The maximum atomic E-state index is 5.02. The number of allylic oxidation sites excluding steroid dienone is 2. The molecular weight excluding hydrogens is 180 g/mol. The summed E-state index contributed by atoms with van der Waals surface area (Å²) in [5.41, 5.74) is 0.820. The Balaban J connectivity index is 2.85. The molecule has 0 atom stereocenters. The largest absolute Gasteiger partial charge is 0.323 e. The van der Waals surface area contributed by atoms with E-state index in [-0.39, 0.29) is 0 Å². The summed E-state index contributed by atoms with van der Waals surface area (Å²) >= 11 is 3.22. The van der Waals surface area contributed by atoms with Crippen LogP contribution in [0.15, 0.2) is 15.7 Å². The third-order valence-corrected chi connectivity index (χ3v) is 1.36. The van der Waals surface area contributed by atoms with Gasteiger partial charge in [-0.1, -0.05) is 11.8 Å². The van der Waals surface area contributed by atoms with Crippen LogP contribution in [0.1, 0.15) is 6.42 Å². The van der Waals surface area contributed by atoms with Crippen LogP contribution in [0, 0.1) is 11.8 Å². The average Bonchev–Trinajstić information content (AvgIpc) is 1.88. The minimum atomic E-state index is 0.658. The van der Waals surface area contributed by atoms with E-state index >= 15 is 0 Å². The highest BCUT2D eigenvalue weighted by atomic mass is 79.9. The fourth-order valence-electron chi connectivity index (χ4n) is 0.535. The van der Waals surface area contributed by atoms with E-state index in [1.54, 1.807) is 0 Å². The van der Waals surface area contributed by atoms with Crippen molar-refractivity contribution in [2.45, 2.75) is 6.42 Å². The first kappa shape index (κ1) is 6.37. The van der Waals surface area contributed by atoms with E-state index < -0.39 is 0 Å². The lowest BCUT2D eigenvalue weighted by atomic mass is 10.2. The van der Waals surface area contributed by atoms with E-state index in [2.05, 4.69) is 32.9 Å². The standard InChI is InChI=1S/C6H5BrN2/c7-5-2-1-3-6(4-5)9-8/h4H,3,8H2/b9-6-. The molecule has 0 amide bonds. The molecule has 0 aromatic heterocycles. The van der Waals surface area contributed by atoms with Gasteiger partial charge in [-0.3, -0.25) is 0 Å². The Morgan fingerprint density at radius 1 is 1.78 bits per heavy atom. The molecule has 2 nitrogen and oxygen atoms in total. The summed E-state index contributed by atoms with van der Waals surface area (Å²) in [4.78, 5) is 0. The minimum Gasteiger partial charge on any atom is -0.323 e. The Hall–Kier alpha value is -0.750. The first-order valence-electron chi connectivity index (χ1n) is 2.46. The molecule has 3 heteroatoms. The topological polar surface area (TPSA) is 38.4 Å². The summed E-state index contributed by atoms with van der Waals surface area (Å²) < 4.78 is 0.845. The zero-order chi connectivity index (χ0) is 6.69. The molecule has 1 aliphatic carbocycles. The molecule has 0 aromatic rings. The molecule has 0 heterocycles. The van der Waals surface area contributed by atoms with Crippen molar-refractivity contribution < 1.29 is 0 Å². The normalized spacial score (nSPS) is 20.6. The first-order valence-corrected chi connectivity index (χ1v) is 3.25. The highest BCUT2D eigenvalue weighted by Crippen LogP contribution is 2.07. The molecular formula is C6H5BrN2. The molecule has 0 aromatic carbocycles. The minimum absolute atomic E-state index is 0.658. The molecule has 9 heavy (non-hydrogen) atoms. The van der Waals surface area contributed by atoms with E-state index in [0.29, 0.717) is 6.42 Å². The zero-order valence-electron chi connectivity index (χ0n) is 4.69. The number of halogens is 1. The second-order valence-electron chi connectivity index (χ2n) is 1.59. The van der Waals surface area contributed by atoms with Crippen molar-refractivity contribution in [3.8, 4) is 11.8 Å². The van der Waals surface area contributed by atoms with Gasteiger partial charge in [0.1, 0.15) is 0 Å². The third kappa shape index (κ3) is 1.58. The van der Waals surface area contributed by atoms with E-state index in [0.717, 1.165) is 10.2 Å². The number of hydrogen-bond donors (Lipinski definition) is 1. The van der Waals surface area contributed by atoms with Crippen LogP contribution in [0.25, 0.3) is 0 Å². The summed E-state index contributed by atoms with van der Waals surface area (Å²) in [5.74, 6) is 10.7. The molecule has 2 N–H and O–H groups in total. The molecule has 0 spiro atoms. The van der Waals surface area contributed by atoms with Crippen LogP contribution in [0.3, 0.4) is 0 Å². The number of hydrogen-bond acceptors (Lipinski definition) is 2. The SMILES string of the molecule is N/N=C1\C=C(Br)C#CC1. The van der Waals surface area contributed by atoms with Crippen LogP contribution in [-0.4, -0.2) is 5.71 Å². The summed E-state index contributed by atoms with van der Waals surface area (Å²) in [5, 5.41) is 3.51. The lowest BCUT2D eigenvalue weighted by Crippen LogP contribution is -1.99. The molecule has 1 aliphatic rings. The molecule has 0 aliphatic heterocycles. The molecule has 0 bridgehead atoms. The summed E-state index contributed by atoms with van der Waals surface area (Å²) in [6.45, 7) is 0. The summed E-state index contributed by atoms with van der Waals surface area (Å²) in [6, 6.07) is 0. The van der Waals surface area contributed by atoms with Crippen LogP contribution >= 0.6 is 15.9 Å². The van der Waals surface area contributed by atoms with E-state index in [1.165, 1.54) is 0 Å². The maximum Gasteiger partial charge on any atom is 0.0737 e. The lowest BCUT2D eigenvalue weighted by Gasteiger charge is -1.95. The van der Waals surface area contributed by atoms with Gasteiger partial charge in [0.25, 0.3) is 0 Å². The van der Waals surface area contributed by atoms with Gasteiger partial charge in [0.15, 0.2) is 0 Å². The van der Waals surface area contributed by atoms with Crippen molar-refractivity contribution in [3.63, 3.8) is 0 Å². The van der Waals surface area contributed by atoms with Crippen LogP contribution in [0.5, 0.6) is 0 Å². The molecule has 46 valence electrons. The Bertz CT molecular complexity index is 229. The van der Waals surface area contributed by atoms with Gasteiger partial charge in [0, 0.05) is 0 Å². The van der Waals surface area contributed by atoms with Gasteiger partial charge in [-0.2, -0.15) is 5.10 Å². The van der Waals surface area contributed by atoms with Gasteiger partial charge in [-0.25, -0.2) is 0 Å². The predicted octanol–water partition coefficient (Wildman–Crippen LogP) is 0.987. The number of nitrogens with zero attached hydrogens (tertiary/aromatic N) is 1. The van der Waals surface area contributed by atoms with E-state index in [9.17, 15) is 0 Å². The van der Waals surface area contributed by atoms with Crippen molar-refractivity contribution in [1.82, 2.24) is 0 Å². The van der Waals surface area contributed by atoms with Gasteiger partial charge >= 0.3 is 0 Å². The van der Waals surface area contributed by atoms with Crippen molar-refractivity contribution in [2.75, 3.05) is 0 Å². The molecule has 0 unspecified atom stereocenters. The van der Waals surface area contributed by atoms with Crippen molar-refractivity contribution in [2.24, 2.45) is 10.9 Å². The average molecular weight is 185 g/mol. The highest BCUT2D eigenvalue weighted by Gasteiger charge is 1.97. The number of nitrogens with two attached hydrogens (primary N) is 1. The second kappa shape index (κ2) is 2.70. The Labute approximate surface area is 61.9 Å². The smallest absolute Gasteiger partial charge is 0.0737 e. The Morgan fingerprint density at radius 3 is 3.00 bits per heavy atom. The number of rotatable bonds is 0. The third-order valence-electron chi connectivity index (χ3n) is 0.936. The van der Waals surface area contributed by atoms with Gasteiger partial charge in [-0.15, -0.1) is 0 Å². The van der Waals surface area contributed by atoms with Crippen molar-refractivity contribution in [1.29, 1.82) is 0 Å². The van der Waals surface area contributed by atoms with Gasteiger partial charge in [0.2, 0.25) is 0 Å². The fraction of sp³-hybridized carbons (Fsp3) is 0.167. The van der Waals surface area contributed by atoms with E-state index in [1.807, 2.05) is 6.08 Å². The summed E-state index contributed by atoms with van der Waals surface area (Å²) in [7, 11) is 0. The quantitative estimate of drug-likeness (QED) is 0.341. The fourth-order valence-corrected chi connectivity index (χ4v) is 0.940. The maximum absolute atomic E-state index is 5.02. The van der Waals surface area contributed by atoms with Crippen molar-refractivity contribution >= 4 is 21.6 Å². The van der Waals surface area contributed by atoms with Gasteiger partial charge < -0.3 is 5.84 Å². The van der Waals surface area contributed by atoms with Gasteiger partial charge in [-0.05, 0) is 22.0 Å². The first-order chi connectivity index (χ1) is 4.33. The molecule has 0 fully saturated rings. The van der Waals surface area contributed by atoms with Gasteiger partial charge in [0.05, 0.1) is 16.6 Å². The van der Waals surface area contributed by atoms with Crippen molar-refractivity contribution in [3.05, 3.63) is 10.6 Å². The van der Waals surface area contributed by atoms with Crippen LogP contribution in [-0.2, 0) is 0 Å².